The first-order valence-electron chi connectivity index (χ1n) is 11.8. The van der Waals surface area contributed by atoms with Crippen molar-refractivity contribution in [2.24, 2.45) is 0 Å². The van der Waals surface area contributed by atoms with Gasteiger partial charge in [-0.2, -0.15) is 0 Å². The van der Waals surface area contributed by atoms with E-state index in [0.29, 0.717) is 28.2 Å². The Balaban J connectivity index is 1.34. The summed E-state index contributed by atoms with van der Waals surface area (Å²) in [6, 6.07) is 11.2. The van der Waals surface area contributed by atoms with E-state index in [4.69, 9.17) is 4.42 Å². The third-order valence-corrected chi connectivity index (χ3v) is 8.30. The monoisotopic (exact) mass is 507 g/mol. The molecule has 1 N–H and O–H groups in total. The number of fused-ring (bicyclic) bond motifs is 1. The lowest BCUT2D eigenvalue weighted by Gasteiger charge is -2.19. The summed E-state index contributed by atoms with van der Waals surface area (Å²) in [4.78, 5) is 21.3. The zero-order valence-electron chi connectivity index (χ0n) is 20.3. The van der Waals surface area contributed by atoms with E-state index < -0.39 is 9.84 Å². The Morgan fingerprint density at radius 1 is 1.11 bits per heavy atom. The zero-order chi connectivity index (χ0) is 25.7. The Morgan fingerprint density at radius 2 is 1.83 bits per heavy atom. The molecule has 1 aliphatic carbocycles. The van der Waals surface area contributed by atoms with Crippen LogP contribution >= 0.6 is 0 Å². The highest BCUT2D eigenvalue weighted by Gasteiger charge is 2.52. The van der Waals surface area contributed by atoms with Crippen LogP contribution in [0.4, 0.5) is 10.1 Å². The number of rotatable bonds is 7. The van der Waals surface area contributed by atoms with E-state index in [0.717, 1.165) is 29.5 Å². The number of aryl methyl sites for hydroxylation is 2. The smallest absolute Gasteiger partial charge is 0.228 e. The Kier molecular flexibility index (Phi) is 5.90. The van der Waals surface area contributed by atoms with Crippen LogP contribution < -0.4 is 5.32 Å². The quantitative estimate of drug-likeness (QED) is 0.376. The number of amides is 1. The topological polar surface area (TPSA) is 102 Å². The van der Waals surface area contributed by atoms with E-state index in [1.807, 2.05) is 26.0 Å². The average Bonchev–Trinajstić information content (AvgIpc) is 3.50. The standard InChI is InChI=1S/C27H26FN3O4S/c1-4-36(33,34)24-8-5-18(15-29-24)13-23(32)30-20-11-16(2)25(17(3)12-20)27(9-10-27)26-31-21-7-6-19(28)14-22(21)35-26/h5-8,11-12,14-15H,4,9-10,13H2,1-3H3,(H,30,32). The summed E-state index contributed by atoms with van der Waals surface area (Å²) >= 11 is 0. The van der Waals surface area contributed by atoms with Gasteiger partial charge in [0, 0.05) is 18.0 Å². The second-order valence-electron chi connectivity index (χ2n) is 9.33. The van der Waals surface area contributed by atoms with E-state index in [1.54, 1.807) is 19.1 Å². The molecular weight excluding hydrogens is 481 g/mol. The SMILES string of the molecule is CCS(=O)(=O)c1ccc(CC(=O)Nc2cc(C)c(C3(c4nc5ccc(F)cc5o4)CC3)c(C)c2)cn1. The van der Waals surface area contributed by atoms with Crippen molar-refractivity contribution >= 4 is 32.5 Å². The molecule has 9 heteroatoms. The fraction of sp³-hybridized carbons (Fsp3) is 0.296. The molecule has 36 heavy (non-hydrogen) atoms. The molecule has 0 unspecified atom stereocenters. The first kappa shape index (κ1) is 24.1. The average molecular weight is 508 g/mol. The number of hydrogen-bond donors (Lipinski definition) is 1. The molecule has 4 aromatic rings. The summed E-state index contributed by atoms with van der Waals surface area (Å²) in [6.45, 7) is 5.56. The van der Waals surface area contributed by atoms with Crippen LogP contribution in [0.1, 0.15) is 47.9 Å². The van der Waals surface area contributed by atoms with Crippen LogP contribution in [-0.4, -0.2) is 30.0 Å². The zero-order valence-corrected chi connectivity index (χ0v) is 21.1. The van der Waals surface area contributed by atoms with Crippen molar-refractivity contribution in [2.75, 3.05) is 11.1 Å². The summed E-state index contributed by atoms with van der Waals surface area (Å²) in [5.74, 6) is -0.0234. The highest BCUT2D eigenvalue weighted by atomic mass is 32.2. The third-order valence-electron chi connectivity index (χ3n) is 6.67. The van der Waals surface area contributed by atoms with Gasteiger partial charge < -0.3 is 9.73 Å². The fourth-order valence-electron chi connectivity index (χ4n) is 4.83. The first-order valence-corrected chi connectivity index (χ1v) is 13.4. The minimum Gasteiger partial charge on any atom is -0.440 e. The molecule has 2 aromatic heterocycles. The third kappa shape index (κ3) is 4.39. The molecule has 5 rings (SSSR count). The second-order valence-corrected chi connectivity index (χ2v) is 11.6. The van der Waals surface area contributed by atoms with Gasteiger partial charge in [0.15, 0.2) is 20.4 Å². The molecule has 0 radical (unpaired) electrons. The van der Waals surface area contributed by atoms with E-state index in [9.17, 15) is 17.6 Å². The second kappa shape index (κ2) is 8.81. The van der Waals surface area contributed by atoms with E-state index >= 15 is 0 Å². The van der Waals surface area contributed by atoms with Crippen molar-refractivity contribution in [3.05, 3.63) is 82.6 Å². The Bertz CT molecular complexity index is 1570. The number of nitrogens with one attached hydrogen (secondary N) is 1. The molecule has 1 aliphatic rings. The Labute approximate surface area is 208 Å². The highest BCUT2D eigenvalue weighted by Crippen LogP contribution is 2.55. The Morgan fingerprint density at radius 3 is 2.44 bits per heavy atom. The van der Waals surface area contributed by atoms with Crippen molar-refractivity contribution in [2.45, 2.75) is 50.5 Å². The van der Waals surface area contributed by atoms with Crippen LogP contribution in [0.2, 0.25) is 0 Å². The fourth-order valence-corrected chi connectivity index (χ4v) is 5.61. The van der Waals surface area contributed by atoms with Crippen molar-refractivity contribution in [3.8, 4) is 0 Å². The summed E-state index contributed by atoms with van der Waals surface area (Å²) in [6.07, 6.45) is 3.26. The van der Waals surface area contributed by atoms with Crippen LogP contribution in [0.3, 0.4) is 0 Å². The Hall–Kier alpha value is -3.59. The van der Waals surface area contributed by atoms with Crippen molar-refractivity contribution < 1.29 is 22.0 Å². The van der Waals surface area contributed by atoms with Gasteiger partial charge in [0.05, 0.1) is 17.6 Å². The lowest BCUT2D eigenvalue weighted by atomic mass is 9.87. The summed E-state index contributed by atoms with van der Waals surface area (Å²) in [5, 5.41) is 2.94. The predicted molar refractivity (Wildman–Crippen MR) is 134 cm³/mol. The molecule has 2 aromatic carbocycles. The lowest BCUT2D eigenvalue weighted by molar-refractivity contribution is -0.115. The highest BCUT2D eigenvalue weighted by molar-refractivity contribution is 7.91. The summed E-state index contributed by atoms with van der Waals surface area (Å²) < 4.78 is 43.4. The number of oxazole rings is 1. The number of anilines is 1. The molecule has 0 bridgehead atoms. The van der Waals surface area contributed by atoms with Crippen LogP contribution in [-0.2, 0) is 26.5 Å². The number of hydrogen-bond acceptors (Lipinski definition) is 6. The van der Waals surface area contributed by atoms with Crippen LogP contribution in [0, 0.1) is 19.7 Å². The number of halogens is 1. The number of aromatic nitrogens is 2. The van der Waals surface area contributed by atoms with Crippen molar-refractivity contribution in [1.82, 2.24) is 9.97 Å². The number of benzene rings is 2. The van der Waals surface area contributed by atoms with Crippen LogP contribution in [0.25, 0.3) is 11.1 Å². The minimum absolute atomic E-state index is 0.00841. The minimum atomic E-state index is -3.38. The summed E-state index contributed by atoms with van der Waals surface area (Å²) in [7, 11) is -3.38. The molecule has 1 fully saturated rings. The van der Waals surface area contributed by atoms with E-state index in [1.165, 1.54) is 24.4 Å². The number of nitrogens with zero attached hydrogens (tertiary/aromatic N) is 2. The van der Waals surface area contributed by atoms with Gasteiger partial charge in [0.25, 0.3) is 0 Å². The molecule has 2 heterocycles. The maximum atomic E-state index is 13.6. The van der Waals surface area contributed by atoms with Gasteiger partial charge in [-0.05, 0) is 79.3 Å². The maximum absolute atomic E-state index is 13.6. The maximum Gasteiger partial charge on any atom is 0.228 e. The molecule has 186 valence electrons. The van der Waals surface area contributed by atoms with Gasteiger partial charge in [-0.1, -0.05) is 13.0 Å². The summed E-state index contributed by atoms with van der Waals surface area (Å²) in [5.41, 5.74) is 5.14. The van der Waals surface area contributed by atoms with Gasteiger partial charge in [0.1, 0.15) is 11.3 Å². The normalized spacial score (nSPS) is 14.7. The molecule has 1 amide bonds. The number of carbonyl (C=O) groups excluding carboxylic acids is 1. The van der Waals surface area contributed by atoms with Crippen molar-refractivity contribution in [1.29, 1.82) is 0 Å². The molecule has 0 saturated heterocycles. The van der Waals surface area contributed by atoms with Gasteiger partial charge in [0.2, 0.25) is 11.8 Å². The van der Waals surface area contributed by atoms with Crippen molar-refractivity contribution in [3.63, 3.8) is 0 Å². The number of carbonyl (C=O) groups is 1. The molecule has 1 saturated carbocycles. The molecule has 7 nitrogen and oxygen atoms in total. The van der Waals surface area contributed by atoms with Crippen LogP contribution in [0.15, 0.2) is 58.1 Å². The van der Waals surface area contributed by atoms with E-state index in [-0.39, 0.29) is 34.3 Å². The molecule has 0 spiro atoms. The van der Waals surface area contributed by atoms with E-state index in [2.05, 4.69) is 15.3 Å². The largest absolute Gasteiger partial charge is 0.440 e. The molecule has 0 atom stereocenters. The first-order chi connectivity index (χ1) is 17.1. The van der Waals surface area contributed by atoms with Gasteiger partial charge >= 0.3 is 0 Å². The lowest BCUT2D eigenvalue weighted by Crippen LogP contribution is -2.17. The van der Waals surface area contributed by atoms with Gasteiger partial charge in [-0.3, -0.25) is 4.79 Å². The van der Waals surface area contributed by atoms with Gasteiger partial charge in [-0.15, -0.1) is 0 Å². The number of sulfone groups is 1. The predicted octanol–water partition coefficient (Wildman–Crippen LogP) is 5.03. The van der Waals surface area contributed by atoms with Crippen LogP contribution in [0.5, 0.6) is 0 Å². The number of pyridine rings is 1. The molecular formula is C27H26FN3O4S. The van der Waals surface area contributed by atoms with Gasteiger partial charge in [-0.25, -0.2) is 22.8 Å². The molecule has 0 aliphatic heterocycles.